The maximum absolute atomic E-state index is 12.5. The van der Waals surface area contributed by atoms with Crippen LogP contribution in [0.3, 0.4) is 0 Å². The van der Waals surface area contributed by atoms with E-state index < -0.39 is 0 Å². The number of amides is 2. The van der Waals surface area contributed by atoms with Crippen molar-refractivity contribution in [3.8, 4) is 0 Å². The molecule has 3 rings (SSSR count). The molecule has 24 heavy (non-hydrogen) atoms. The number of nitrogens with zero attached hydrogens (tertiary/aromatic N) is 2. The van der Waals surface area contributed by atoms with E-state index >= 15 is 0 Å². The van der Waals surface area contributed by atoms with Crippen molar-refractivity contribution < 1.29 is 9.59 Å². The Morgan fingerprint density at radius 1 is 1.29 bits per heavy atom. The Morgan fingerprint density at radius 3 is 2.75 bits per heavy atom. The van der Waals surface area contributed by atoms with Crippen LogP contribution in [0.2, 0.25) is 0 Å². The summed E-state index contributed by atoms with van der Waals surface area (Å²) in [4.78, 5) is 24.7. The second kappa shape index (κ2) is 7.36. The van der Waals surface area contributed by atoms with Crippen LogP contribution in [-0.2, 0) is 11.3 Å². The van der Waals surface area contributed by atoms with Crippen LogP contribution < -0.4 is 10.6 Å². The van der Waals surface area contributed by atoms with E-state index in [1.165, 1.54) is 25.7 Å². The minimum absolute atomic E-state index is 0.00717. The van der Waals surface area contributed by atoms with Crippen LogP contribution in [0.25, 0.3) is 0 Å². The summed E-state index contributed by atoms with van der Waals surface area (Å²) in [6, 6.07) is 0. The number of carbonyl (C=O) groups excluding carboxylic acids is 2. The van der Waals surface area contributed by atoms with Crippen LogP contribution in [0.4, 0.5) is 5.69 Å². The van der Waals surface area contributed by atoms with Crippen molar-refractivity contribution in [2.45, 2.75) is 58.9 Å². The molecule has 3 unspecified atom stereocenters. The van der Waals surface area contributed by atoms with Gasteiger partial charge in [-0.15, -0.1) is 0 Å². The monoisotopic (exact) mass is 332 g/mol. The Morgan fingerprint density at radius 2 is 2.12 bits per heavy atom. The first-order valence-electron chi connectivity index (χ1n) is 9.26. The standard InChI is InChI=1S/C18H28N4O2/c1-3-7-19-18(24)17-15(11-22(4-2)21-17)20-16(23)10-14-9-12-5-6-13(14)8-12/h11-14H,3-10H2,1-2H3,(H,19,24)(H,20,23). The average molecular weight is 332 g/mol. The topological polar surface area (TPSA) is 76.0 Å². The quantitative estimate of drug-likeness (QED) is 0.806. The molecule has 2 fully saturated rings. The van der Waals surface area contributed by atoms with Crippen LogP contribution in [0, 0.1) is 17.8 Å². The Balaban J connectivity index is 1.63. The van der Waals surface area contributed by atoms with Gasteiger partial charge in [-0.05, 0) is 50.4 Å². The van der Waals surface area contributed by atoms with Gasteiger partial charge in [-0.2, -0.15) is 5.10 Å². The zero-order valence-corrected chi connectivity index (χ0v) is 14.7. The molecule has 0 aromatic carbocycles. The third-order valence-electron chi connectivity index (χ3n) is 5.44. The molecule has 2 saturated carbocycles. The Hall–Kier alpha value is -1.85. The first-order chi connectivity index (χ1) is 11.6. The molecule has 2 N–H and O–H groups in total. The van der Waals surface area contributed by atoms with Crippen molar-refractivity contribution >= 4 is 17.5 Å². The summed E-state index contributed by atoms with van der Waals surface area (Å²) < 4.78 is 1.69. The van der Waals surface area contributed by atoms with Gasteiger partial charge in [0.2, 0.25) is 5.91 Å². The first kappa shape index (κ1) is 17.0. The van der Waals surface area contributed by atoms with Crippen molar-refractivity contribution in [3.63, 3.8) is 0 Å². The van der Waals surface area contributed by atoms with Crippen LogP contribution in [0.5, 0.6) is 0 Å². The molecule has 2 aliphatic rings. The minimum atomic E-state index is -0.223. The van der Waals surface area contributed by atoms with Gasteiger partial charge in [0.25, 0.3) is 5.91 Å². The van der Waals surface area contributed by atoms with Gasteiger partial charge >= 0.3 is 0 Å². The molecule has 2 amide bonds. The number of hydrogen-bond acceptors (Lipinski definition) is 3. The fourth-order valence-corrected chi connectivity index (χ4v) is 4.23. The molecule has 0 saturated heterocycles. The fraction of sp³-hybridized carbons (Fsp3) is 0.722. The molecule has 1 heterocycles. The van der Waals surface area contributed by atoms with Gasteiger partial charge < -0.3 is 10.6 Å². The van der Waals surface area contributed by atoms with E-state index in [1.54, 1.807) is 10.9 Å². The van der Waals surface area contributed by atoms with Crippen LogP contribution in [0.15, 0.2) is 6.20 Å². The smallest absolute Gasteiger partial charge is 0.273 e. The van der Waals surface area contributed by atoms with Crippen molar-refractivity contribution in [1.29, 1.82) is 0 Å². The highest BCUT2D eigenvalue weighted by molar-refractivity contribution is 6.02. The number of fused-ring (bicyclic) bond motifs is 2. The first-order valence-corrected chi connectivity index (χ1v) is 9.26. The Kier molecular flexibility index (Phi) is 5.21. The zero-order chi connectivity index (χ0) is 17.1. The summed E-state index contributed by atoms with van der Waals surface area (Å²) >= 11 is 0. The maximum atomic E-state index is 12.5. The molecule has 2 aliphatic carbocycles. The lowest BCUT2D eigenvalue weighted by Gasteiger charge is -2.20. The van der Waals surface area contributed by atoms with Crippen LogP contribution in [0.1, 0.15) is 62.9 Å². The molecule has 0 radical (unpaired) electrons. The number of rotatable bonds is 7. The van der Waals surface area contributed by atoms with E-state index in [0.29, 0.717) is 36.8 Å². The summed E-state index contributed by atoms with van der Waals surface area (Å²) in [5.41, 5.74) is 0.838. The predicted octanol–water partition coefficient (Wildman–Crippen LogP) is 2.81. The molecular weight excluding hydrogens is 304 g/mol. The van der Waals surface area contributed by atoms with Crippen LogP contribution >= 0.6 is 0 Å². The molecule has 2 bridgehead atoms. The molecule has 6 heteroatoms. The highest BCUT2D eigenvalue weighted by atomic mass is 16.2. The predicted molar refractivity (Wildman–Crippen MR) is 92.7 cm³/mol. The second-order valence-corrected chi connectivity index (χ2v) is 7.19. The summed E-state index contributed by atoms with van der Waals surface area (Å²) in [7, 11) is 0. The van der Waals surface area contributed by atoms with Gasteiger partial charge in [0.15, 0.2) is 5.69 Å². The lowest BCUT2D eigenvalue weighted by molar-refractivity contribution is -0.117. The van der Waals surface area contributed by atoms with E-state index in [2.05, 4.69) is 15.7 Å². The second-order valence-electron chi connectivity index (χ2n) is 7.19. The summed E-state index contributed by atoms with van der Waals surface area (Å²) in [6.07, 6.45) is 8.29. The van der Waals surface area contributed by atoms with Gasteiger partial charge in [0.05, 0.1) is 5.69 Å². The average Bonchev–Trinajstić information content (AvgIpc) is 3.27. The SMILES string of the molecule is CCCNC(=O)c1nn(CC)cc1NC(=O)CC1CC2CCC1C2. The van der Waals surface area contributed by atoms with E-state index in [-0.39, 0.29) is 11.8 Å². The Labute approximate surface area is 143 Å². The number of aromatic nitrogens is 2. The van der Waals surface area contributed by atoms with E-state index in [1.807, 2.05) is 13.8 Å². The van der Waals surface area contributed by atoms with Crippen molar-refractivity contribution in [3.05, 3.63) is 11.9 Å². The van der Waals surface area contributed by atoms with Crippen molar-refractivity contribution in [2.24, 2.45) is 17.8 Å². The summed E-state index contributed by atoms with van der Waals surface area (Å²) in [6.45, 7) is 5.23. The largest absolute Gasteiger partial charge is 0.351 e. The van der Waals surface area contributed by atoms with Crippen molar-refractivity contribution in [2.75, 3.05) is 11.9 Å². The van der Waals surface area contributed by atoms with Gasteiger partial charge in [-0.1, -0.05) is 13.3 Å². The molecular formula is C18H28N4O2. The maximum Gasteiger partial charge on any atom is 0.273 e. The van der Waals surface area contributed by atoms with Gasteiger partial charge in [-0.3, -0.25) is 14.3 Å². The van der Waals surface area contributed by atoms with E-state index in [0.717, 1.165) is 18.3 Å². The third kappa shape index (κ3) is 3.62. The normalized spacial score (nSPS) is 25.0. The number of carbonyl (C=O) groups is 2. The number of aryl methyl sites for hydroxylation is 1. The number of hydrogen-bond donors (Lipinski definition) is 2. The number of anilines is 1. The molecule has 3 atom stereocenters. The fourth-order valence-electron chi connectivity index (χ4n) is 4.23. The summed E-state index contributed by atoms with van der Waals surface area (Å²) in [5.74, 6) is 1.87. The van der Waals surface area contributed by atoms with Gasteiger partial charge in [0, 0.05) is 25.7 Å². The van der Waals surface area contributed by atoms with Crippen LogP contribution in [-0.4, -0.2) is 28.1 Å². The molecule has 1 aromatic rings. The third-order valence-corrected chi connectivity index (χ3v) is 5.44. The van der Waals surface area contributed by atoms with Gasteiger partial charge in [-0.25, -0.2) is 0 Å². The molecule has 132 valence electrons. The van der Waals surface area contributed by atoms with Gasteiger partial charge in [0.1, 0.15) is 0 Å². The highest BCUT2D eigenvalue weighted by Gasteiger charge is 2.40. The highest BCUT2D eigenvalue weighted by Crippen LogP contribution is 2.49. The molecule has 0 spiro atoms. The number of nitrogens with one attached hydrogen (secondary N) is 2. The summed E-state index contributed by atoms with van der Waals surface area (Å²) in [5, 5.41) is 10.0. The molecule has 1 aromatic heterocycles. The lowest BCUT2D eigenvalue weighted by atomic mass is 9.86. The molecule has 6 nitrogen and oxygen atoms in total. The minimum Gasteiger partial charge on any atom is -0.351 e. The Bertz CT molecular complexity index is 610. The lowest BCUT2D eigenvalue weighted by Crippen LogP contribution is -2.26. The van der Waals surface area contributed by atoms with Crippen molar-refractivity contribution in [1.82, 2.24) is 15.1 Å². The zero-order valence-electron chi connectivity index (χ0n) is 14.7. The van der Waals surface area contributed by atoms with E-state index in [9.17, 15) is 9.59 Å². The molecule has 0 aliphatic heterocycles. The van der Waals surface area contributed by atoms with E-state index in [4.69, 9.17) is 0 Å².